The third-order valence-electron chi connectivity index (χ3n) is 1.90. The molecular formula is C11H15ClOS. The topological polar surface area (TPSA) is 9.23 Å². The summed E-state index contributed by atoms with van der Waals surface area (Å²) in [6, 6.07) is 7.71. The largest absolute Gasteiger partial charge is 0.376 e. The lowest BCUT2D eigenvalue weighted by Gasteiger charge is -2.08. The average Bonchev–Trinajstić information content (AvgIpc) is 2.21. The third kappa shape index (κ3) is 4.36. The van der Waals surface area contributed by atoms with Crippen molar-refractivity contribution in [3.63, 3.8) is 0 Å². The molecule has 0 N–H and O–H groups in total. The van der Waals surface area contributed by atoms with Gasteiger partial charge in [0.05, 0.1) is 13.2 Å². The number of rotatable bonds is 5. The maximum Gasteiger partial charge on any atom is 0.0717 e. The molecule has 0 amide bonds. The summed E-state index contributed by atoms with van der Waals surface area (Å²) in [6.07, 6.45) is 0. The molecule has 1 unspecified atom stereocenters. The van der Waals surface area contributed by atoms with Crippen LogP contribution in [-0.2, 0) is 11.3 Å². The minimum atomic E-state index is 0.505. The van der Waals surface area contributed by atoms with Gasteiger partial charge < -0.3 is 4.74 Å². The van der Waals surface area contributed by atoms with Crippen molar-refractivity contribution in [1.29, 1.82) is 0 Å². The number of halogens is 1. The standard InChI is InChI=1S/C11H15ClOS/c1-9(8-14)6-13-7-10-2-4-11(12)5-3-10/h2-5,9,14H,6-8H2,1H3. The highest BCUT2D eigenvalue weighted by atomic mass is 35.5. The molecule has 0 radical (unpaired) electrons. The first-order valence-electron chi connectivity index (χ1n) is 4.65. The van der Waals surface area contributed by atoms with Crippen LogP contribution in [0.25, 0.3) is 0 Å². The normalized spacial score (nSPS) is 12.8. The number of thiol groups is 1. The van der Waals surface area contributed by atoms with Crippen LogP contribution in [0, 0.1) is 5.92 Å². The predicted octanol–water partition coefficient (Wildman–Crippen LogP) is 3.42. The molecule has 1 aromatic carbocycles. The highest BCUT2D eigenvalue weighted by molar-refractivity contribution is 7.80. The molecule has 1 aromatic rings. The highest BCUT2D eigenvalue weighted by Crippen LogP contribution is 2.10. The van der Waals surface area contributed by atoms with E-state index in [9.17, 15) is 0 Å². The van der Waals surface area contributed by atoms with E-state index in [0.29, 0.717) is 12.5 Å². The van der Waals surface area contributed by atoms with Gasteiger partial charge >= 0.3 is 0 Å². The van der Waals surface area contributed by atoms with Crippen LogP contribution in [-0.4, -0.2) is 12.4 Å². The number of hydrogen-bond acceptors (Lipinski definition) is 2. The summed E-state index contributed by atoms with van der Waals surface area (Å²) < 4.78 is 5.52. The monoisotopic (exact) mass is 230 g/mol. The molecule has 78 valence electrons. The van der Waals surface area contributed by atoms with Gasteiger partial charge in [0.2, 0.25) is 0 Å². The van der Waals surface area contributed by atoms with Crippen LogP contribution < -0.4 is 0 Å². The minimum Gasteiger partial charge on any atom is -0.376 e. The van der Waals surface area contributed by atoms with E-state index >= 15 is 0 Å². The number of benzene rings is 1. The zero-order chi connectivity index (χ0) is 10.4. The third-order valence-corrected chi connectivity index (χ3v) is 2.77. The fraction of sp³-hybridized carbons (Fsp3) is 0.455. The van der Waals surface area contributed by atoms with E-state index < -0.39 is 0 Å². The first kappa shape index (κ1) is 11.9. The first-order chi connectivity index (χ1) is 6.72. The lowest BCUT2D eigenvalue weighted by atomic mass is 10.2. The van der Waals surface area contributed by atoms with Gasteiger partial charge in [0.1, 0.15) is 0 Å². The van der Waals surface area contributed by atoms with Gasteiger partial charge in [-0.1, -0.05) is 30.7 Å². The predicted molar refractivity (Wildman–Crippen MR) is 64.1 cm³/mol. The molecule has 0 fully saturated rings. The molecule has 3 heteroatoms. The average molecular weight is 231 g/mol. The minimum absolute atomic E-state index is 0.505. The van der Waals surface area contributed by atoms with Crippen LogP contribution in [0.2, 0.25) is 5.02 Å². The van der Waals surface area contributed by atoms with Crippen LogP contribution in [0.5, 0.6) is 0 Å². The van der Waals surface area contributed by atoms with Crippen molar-refractivity contribution in [2.75, 3.05) is 12.4 Å². The van der Waals surface area contributed by atoms with Crippen molar-refractivity contribution < 1.29 is 4.74 Å². The Morgan fingerprint density at radius 1 is 1.36 bits per heavy atom. The second-order valence-electron chi connectivity index (χ2n) is 3.43. The van der Waals surface area contributed by atoms with Gasteiger partial charge in [0, 0.05) is 5.02 Å². The summed E-state index contributed by atoms with van der Waals surface area (Å²) in [5.41, 5.74) is 1.15. The van der Waals surface area contributed by atoms with Crippen molar-refractivity contribution in [2.24, 2.45) is 5.92 Å². The SMILES string of the molecule is CC(CS)COCc1ccc(Cl)cc1. The Bertz CT molecular complexity index is 260. The lowest BCUT2D eigenvalue weighted by molar-refractivity contribution is 0.0983. The highest BCUT2D eigenvalue weighted by Gasteiger charge is 1.99. The number of hydrogen-bond donors (Lipinski definition) is 1. The van der Waals surface area contributed by atoms with Crippen LogP contribution >= 0.6 is 24.2 Å². The van der Waals surface area contributed by atoms with Gasteiger partial charge in [-0.25, -0.2) is 0 Å². The molecule has 1 nitrogen and oxygen atoms in total. The van der Waals surface area contributed by atoms with Gasteiger partial charge in [-0.05, 0) is 29.4 Å². The zero-order valence-corrected chi connectivity index (χ0v) is 9.89. The maximum atomic E-state index is 5.77. The molecule has 0 aromatic heterocycles. The van der Waals surface area contributed by atoms with E-state index in [1.807, 2.05) is 24.3 Å². The molecule has 0 heterocycles. The lowest BCUT2D eigenvalue weighted by Crippen LogP contribution is -2.06. The van der Waals surface area contributed by atoms with Crippen LogP contribution in [0.3, 0.4) is 0 Å². The Morgan fingerprint density at radius 3 is 2.57 bits per heavy atom. The summed E-state index contributed by atoms with van der Waals surface area (Å²) in [5.74, 6) is 1.37. The smallest absolute Gasteiger partial charge is 0.0717 e. The fourth-order valence-electron chi connectivity index (χ4n) is 1.01. The quantitative estimate of drug-likeness (QED) is 0.763. The van der Waals surface area contributed by atoms with Crippen molar-refractivity contribution >= 4 is 24.2 Å². The molecule has 0 saturated heterocycles. The molecule has 0 aliphatic rings. The molecule has 1 rings (SSSR count). The second kappa shape index (κ2) is 6.33. The molecule has 0 spiro atoms. The molecule has 0 aliphatic heterocycles. The molecule has 0 aliphatic carbocycles. The van der Waals surface area contributed by atoms with Crippen LogP contribution in [0.15, 0.2) is 24.3 Å². The van der Waals surface area contributed by atoms with Gasteiger partial charge in [0.15, 0.2) is 0 Å². The zero-order valence-electron chi connectivity index (χ0n) is 8.24. The molecular weight excluding hydrogens is 216 g/mol. The summed E-state index contributed by atoms with van der Waals surface area (Å²) in [4.78, 5) is 0. The first-order valence-corrected chi connectivity index (χ1v) is 5.66. The Balaban J connectivity index is 2.28. The molecule has 1 atom stereocenters. The van der Waals surface area contributed by atoms with Crippen molar-refractivity contribution in [3.05, 3.63) is 34.9 Å². The molecule has 0 saturated carbocycles. The van der Waals surface area contributed by atoms with E-state index in [2.05, 4.69) is 19.6 Å². The Labute approximate surface area is 95.8 Å². The van der Waals surface area contributed by atoms with Crippen molar-refractivity contribution in [1.82, 2.24) is 0 Å². The maximum absolute atomic E-state index is 5.77. The van der Waals surface area contributed by atoms with Crippen molar-refractivity contribution in [3.8, 4) is 0 Å². The Hall–Kier alpha value is -0.180. The molecule has 14 heavy (non-hydrogen) atoms. The van der Waals surface area contributed by atoms with E-state index in [-0.39, 0.29) is 0 Å². The van der Waals surface area contributed by atoms with Gasteiger partial charge in [-0.2, -0.15) is 12.6 Å². The van der Waals surface area contributed by atoms with Gasteiger partial charge in [-0.15, -0.1) is 0 Å². The summed E-state index contributed by atoms with van der Waals surface area (Å²) in [7, 11) is 0. The van der Waals surface area contributed by atoms with Gasteiger partial charge in [0.25, 0.3) is 0 Å². The van der Waals surface area contributed by atoms with E-state index in [1.165, 1.54) is 0 Å². The van der Waals surface area contributed by atoms with Crippen LogP contribution in [0.4, 0.5) is 0 Å². The Kier molecular flexibility index (Phi) is 5.38. The van der Waals surface area contributed by atoms with E-state index in [0.717, 1.165) is 22.9 Å². The summed E-state index contributed by atoms with van der Waals surface area (Å²) >= 11 is 9.96. The molecule has 0 bridgehead atoms. The Morgan fingerprint density at radius 2 is 2.00 bits per heavy atom. The van der Waals surface area contributed by atoms with Crippen molar-refractivity contribution in [2.45, 2.75) is 13.5 Å². The van der Waals surface area contributed by atoms with E-state index in [4.69, 9.17) is 16.3 Å². The number of ether oxygens (including phenoxy) is 1. The summed E-state index contributed by atoms with van der Waals surface area (Å²) in [6.45, 7) is 3.52. The fourth-order valence-corrected chi connectivity index (χ4v) is 1.24. The van der Waals surface area contributed by atoms with E-state index in [1.54, 1.807) is 0 Å². The van der Waals surface area contributed by atoms with Crippen LogP contribution in [0.1, 0.15) is 12.5 Å². The summed E-state index contributed by atoms with van der Waals surface area (Å²) in [5, 5.41) is 0.762. The second-order valence-corrected chi connectivity index (χ2v) is 4.23. The van der Waals surface area contributed by atoms with Gasteiger partial charge in [-0.3, -0.25) is 0 Å².